The van der Waals surface area contributed by atoms with Crippen LogP contribution in [0.4, 0.5) is 0 Å². The topological polar surface area (TPSA) is 45.8 Å². The van der Waals surface area contributed by atoms with Crippen LogP contribution in [0.1, 0.15) is 49.5 Å². The molecule has 0 aliphatic heterocycles. The Labute approximate surface area is 120 Å². The average Bonchev–Trinajstić information content (AvgIpc) is 2.76. The van der Waals surface area contributed by atoms with Gasteiger partial charge in [0.25, 0.3) is 5.56 Å². The van der Waals surface area contributed by atoms with Crippen LogP contribution in [0, 0.1) is 0 Å². The molecule has 2 aromatic heterocycles. The SMILES string of the molecule is CCCSc1nc2sc3c(c2c(=O)[nH]1)[C@@H](C)CCC3. The first-order valence-electron chi connectivity index (χ1n) is 6.89. The number of rotatable bonds is 3. The lowest BCUT2D eigenvalue weighted by Gasteiger charge is -2.18. The largest absolute Gasteiger partial charge is 0.301 e. The van der Waals surface area contributed by atoms with Crippen LogP contribution in [-0.2, 0) is 6.42 Å². The molecule has 0 spiro atoms. The summed E-state index contributed by atoms with van der Waals surface area (Å²) in [6, 6.07) is 0. The molecule has 0 fully saturated rings. The van der Waals surface area contributed by atoms with Crippen LogP contribution in [0.3, 0.4) is 0 Å². The maximum absolute atomic E-state index is 12.3. The molecular formula is C14H18N2OS2. The van der Waals surface area contributed by atoms with Crippen LogP contribution >= 0.6 is 23.1 Å². The quantitative estimate of drug-likeness (QED) is 0.689. The van der Waals surface area contributed by atoms with Crippen LogP contribution in [0.2, 0.25) is 0 Å². The van der Waals surface area contributed by atoms with Crippen molar-refractivity contribution in [2.45, 2.75) is 50.6 Å². The number of hydrogen-bond acceptors (Lipinski definition) is 4. The fourth-order valence-corrected chi connectivity index (χ4v) is 4.85. The van der Waals surface area contributed by atoms with E-state index in [4.69, 9.17) is 0 Å². The summed E-state index contributed by atoms with van der Waals surface area (Å²) in [5.41, 5.74) is 1.32. The number of aryl methyl sites for hydroxylation is 1. The molecule has 3 nitrogen and oxygen atoms in total. The molecule has 0 saturated heterocycles. The molecule has 19 heavy (non-hydrogen) atoms. The molecule has 0 bridgehead atoms. The molecule has 102 valence electrons. The van der Waals surface area contributed by atoms with Crippen molar-refractivity contribution in [1.29, 1.82) is 0 Å². The molecular weight excluding hydrogens is 276 g/mol. The van der Waals surface area contributed by atoms with E-state index in [0.717, 1.165) is 34.0 Å². The van der Waals surface area contributed by atoms with Gasteiger partial charge in [0.05, 0.1) is 5.39 Å². The van der Waals surface area contributed by atoms with E-state index >= 15 is 0 Å². The summed E-state index contributed by atoms with van der Waals surface area (Å²) in [5, 5.41) is 1.62. The molecule has 2 heterocycles. The predicted octanol–water partition coefficient (Wildman–Crippen LogP) is 3.93. The Morgan fingerprint density at radius 1 is 1.53 bits per heavy atom. The number of nitrogens with one attached hydrogen (secondary N) is 1. The number of fused-ring (bicyclic) bond motifs is 3. The number of H-pyrrole nitrogens is 1. The number of nitrogens with zero attached hydrogens (tertiary/aromatic N) is 1. The van der Waals surface area contributed by atoms with Crippen molar-refractivity contribution in [3.63, 3.8) is 0 Å². The first-order chi connectivity index (χ1) is 9.20. The second-order valence-electron chi connectivity index (χ2n) is 5.13. The highest BCUT2D eigenvalue weighted by atomic mass is 32.2. The molecule has 1 N–H and O–H groups in total. The van der Waals surface area contributed by atoms with Gasteiger partial charge >= 0.3 is 0 Å². The van der Waals surface area contributed by atoms with E-state index in [2.05, 4.69) is 23.8 Å². The van der Waals surface area contributed by atoms with Gasteiger partial charge in [0.1, 0.15) is 4.83 Å². The van der Waals surface area contributed by atoms with Gasteiger partial charge in [-0.1, -0.05) is 25.6 Å². The van der Waals surface area contributed by atoms with Gasteiger partial charge in [0, 0.05) is 10.6 Å². The maximum atomic E-state index is 12.3. The number of aromatic amines is 1. The van der Waals surface area contributed by atoms with Crippen molar-refractivity contribution in [1.82, 2.24) is 9.97 Å². The van der Waals surface area contributed by atoms with Gasteiger partial charge in [-0.2, -0.15) is 0 Å². The minimum Gasteiger partial charge on any atom is -0.301 e. The molecule has 0 radical (unpaired) electrons. The molecule has 1 aliphatic carbocycles. The van der Waals surface area contributed by atoms with Crippen LogP contribution < -0.4 is 5.56 Å². The zero-order chi connectivity index (χ0) is 13.4. The number of thiophene rings is 1. The predicted molar refractivity (Wildman–Crippen MR) is 82.6 cm³/mol. The van der Waals surface area contributed by atoms with Crippen molar-refractivity contribution in [3.05, 3.63) is 20.8 Å². The Hall–Kier alpha value is -0.810. The van der Waals surface area contributed by atoms with E-state index in [9.17, 15) is 4.79 Å². The summed E-state index contributed by atoms with van der Waals surface area (Å²) in [6.45, 7) is 4.36. The third kappa shape index (κ3) is 2.34. The van der Waals surface area contributed by atoms with Gasteiger partial charge in [0.15, 0.2) is 5.16 Å². The smallest absolute Gasteiger partial charge is 0.260 e. The molecule has 0 aromatic carbocycles. The van der Waals surface area contributed by atoms with Crippen molar-refractivity contribution in [3.8, 4) is 0 Å². The summed E-state index contributed by atoms with van der Waals surface area (Å²) in [6.07, 6.45) is 4.61. The van der Waals surface area contributed by atoms with E-state index in [1.54, 1.807) is 23.1 Å². The second-order valence-corrected chi connectivity index (χ2v) is 7.30. The lowest BCUT2D eigenvalue weighted by molar-refractivity contribution is 0.601. The Balaban J connectivity index is 2.14. The fraction of sp³-hybridized carbons (Fsp3) is 0.571. The number of thioether (sulfide) groups is 1. The van der Waals surface area contributed by atoms with Crippen LogP contribution in [-0.4, -0.2) is 15.7 Å². The van der Waals surface area contributed by atoms with E-state index in [1.165, 1.54) is 23.3 Å². The molecule has 2 aromatic rings. The number of aromatic nitrogens is 2. The Morgan fingerprint density at radius 2 is 2.37 bits per heavy atom. The van der Waals surface area contributed by atoms with Gasteiger partial charge in [-0.05, 0) is 37.2 Å². The van der Waals surface area contributed by atoms with Crippen LogP contribution in [0.25, 0.3) is 10.2 Å². The standard InChI is InChI=1S/C14H18N2OS2/c1-3-7-18-14-15-12(17)11-10-8(2)5-4-6-9(10)19-13(11)16-14/h8H,3-7H2,1-2H3,(H,15,16,17)/t8-/m0/s1. The van der Waals surface area contributed by atoms with Crippen molar-refractivity contribution >= 4 is 33.3 Å². The van der Waals surface area contributed by atoms with Crippen LogP contribution in [0.5, 0.6) is 0 Å². The van der Waals surface area contributed by atoms with Gasteiger partial charge in [0.2, 0.25) is 0 Å². The highest BCUT2D eigenvalue weighted by Crippen LogP contribution is 2.40. The normalized spacial score (nSPS) is 18.7. The molecule has 1 aliphatic rings. The zero-order valence-corrected chi connectivity index (χ0v) is 12.9. The minimum atomic E-state index is 0.0508. The number of hydrogen-bond donors (Lipinski definition) is 1. The van der Waals surface area contributed by atoms with Gasteiger partial charge in [-0.3, -0.25) is 4.79 Å². The molecule has 3 rings (SSSR count). The van der Waals surface area contributed by atoms with Gasteiger partial charge < -0.3 is 4.98 Å². The highest BCUT2D eigenvalue weighted by molar-refractivity contribution is 7.99. The second kappa shape index (κ2) is 5.29. The van der Waals surface area contributed by atoms with E-state index in [-0.39, 0.29) is 5.56 Å². The lowest BCUT2D eigenvalue weighted by Crippen LogP contribution is -2.12. The average molecular weight is 294 g/mol. The third-order valence-corrected chi connectivity index (χ3v) is 5.87. The first kappa shape index (κ1) is 13.2. The summed E-state index contributed by atoms with van der Waals surface area (Å²) < 4.78 is 0. The van der Waals surface area contributed by atoms with Crippen LogP contribution in [0.15, 0.2) is 9.95 Å². The van der Waals surface area contributed by atoms with Crippen molar-refractivity contribution < 1.29 is 0 Å². The molecule has 0 unspecified atom stereocenters. The highest BCUT2D eigenvalue weighted by Gasteiger charge is 2.24. The van der Waals surface area contributed by atoms with Crippen molar-refractivity contribution in [2.75, 3.05) is 5.75 Å². The Morgan fingerprint density at radius 3 is 3.16 bits per heavy atom. The van der Waals surface area contributed by atoms with Gasteiger partial charge in [-0.25, -0.2) is 4.98 Å². The molecule has 0 amide bonds. The van der Waals surface area contributed by atoms with E-state index in [1.807, 2.05) is 0 Å². The Kier molecular flexibility index (Phi) is 3.67. The maximum Gasteiger partial charge on any atom is 0.260 e. The fourth-order valence-electron chi connectivity index (χ4n) is 2.74. The van der Waals surface area contributed by atoms with E-state index < -0.39 is 0 Å². The Bertz CT molecular complexity index is 659. The third-order valence-electron chi connectivity index (χ3n) is 3.63. The zero-order valence-electron chi connectivity index (χ0n) is 11.3. The molecule has 0 saturated carbocycles. The summed E-state index contributed by atoms with van der Waals surface area (Å²) in [5.74, 6) is 1.49. The molecule has 5 heteroatoms. The summed E-state index contributed by atoms with van der Waals surface area (Å²) in [4.78, 5) is 22.2. The van der Waals surface area contributed by atoms with E-state index in [0.29, 0.717) is 5.92 Å². The minimum absolute atomic E-state index is 0.0508. The monoisotopic (exact) mass is 294 g/mol. The van der Waals surface area contributed by atoms with Crippen molar-refractivity contribution in [2.24, 2.45) is 0 Å². The molecule has 1 atom stereocenters. The summed E-state index contributed by atoms with van der Waals surface area (Å²) >= 11 is 3.36. The summed E-state index contributed by atoms with van der Waals surface area (Å²) in [7, 11) is 0. The van der Waals surface area contributed by atoms with Gasteiger partial charge in [-0.15, -0.1) is 11.3 Å². The lowest BCUT2D eigenvalue weighted by atomic mass is 9.88. The first-order valence-corrected chi connectivity index (χ1v) is 8.69.